The van der Waals surface area contributed by atoms with Gasteiger partial charge in [-0.15, -0.1) is 0 Å². The Balaban J connectivity index is 1.89. The Morgan fingerprint density at radius 3 is 2.42 bits per heavy atom. The van der Waals surface area contributed by atoms with Crippen molar-refractivity contribution < 1.29 is 14.3 Å². The van der Waals surface area contributed by atoms with Crippen LogP contribution in [0.5, 0.6) is 0 Å². The van der Waals surface area contributed by atoms with Crippen LogP contribution in [0.1, 0.15) is 32.8 Å². The average Bonchev–Trinajstić information content (AvgIpc) is 3.19. The van der Waals surface area contributed by atoms with Crippen LogP contribution >= 0.6 is 22.6 Å². The van der Waals surface area contributed by atoms with Gasteiger partial charge in [-0.1, -0.05) is 18.2 Å². The van der Waals surface area contributed by atoms with Crippen LogP contribution in [0.3, 0.4) is 0 Å². The van der Waals surface area contributed by atoms with Gasteiger partial charge < -0.3 is 10.1 Å². The molecule has 0 atom stereocenters. The van der Waals surface area contributed by atoms with Crippen molar-refractivity contribution in [2.75, 3.05) is 7.11 Å². The molecule has 0 bridgehead atoms. The fraction of sp³-hybridized carbons (Fsp3) is 0.308. The van der Waals surface area contributed by atoms with E-state index in [9.17, 15) is 19.2 Å². The number of fused-ring (bicyclic) bond motifs is 2. The highest BCUT2D eigenvalue weighted by atomic mass is 127. The van der Waals surface area contributed by atoms with Gasteiger partial charge in [0.05, 0.1) is 36.5 Å². The van der Waals surface area contributed by atoms with Crippen molar-refractivity contribution in [2.24, 2.45) is 0 Å². The summed E-state index contributed by atoms with van der Waals surface area (Å²) >= 11 is 2.11. The highest BCUT2D eigenvalue weighted by Crippen LogP contribution is 2.23. The van der Waals surface area contributed by atoms with E-state index in [1.807, 2.05) is 51.1 Å². The Morgan fingerprint density at radius 1 is 1.00 bits per heavy atom. The molecular weight excluding hydrogens is 575 g/mol. The van der Waals surface area contributed by atoms with E-state index in [0.29, 0.717) is 16.4 Å². The molecule has 0 aliphatic heterocycles. The van der Waals surface area contributed by atoms with E-state index >= 15 is 0 Å². The van der Waals surface area contributed by atoms with Crippen LogP contribution in [0.2, 0.25) is 0 Å². The fourth-order valence-corrected chi connectivity index (χ4v) is 4.64. The Hall–Kier alpha value is -3.41. The molecular formula is C26H27IN4O5. The lowest BCUT2D eigenvalue weighted by molar-refractivity contribution is -0.140. The molecule has 0 aliphatic rings. The molecule has 188 valence electrons. The molecule has 0 fully saturated rings. The third kappa shape index (κ3) is 5.08. The number of esters is 1. The molecule has 0 saturated carbocycles. The van der Waals surface area contributed by atoms with Gasteiger partial charge in [0.2, 0.25) is 0 Å². The molecule has 2 aromatic heterocycles. The molecule has 0 radical (unpaired) electrons. The number of aromatic nitrogens is 3. The number of amides is 1. The van der Waals surface area contributed by atoms with E-state index in [0.717, 1.165) is 19.1 Å². The summed E-state index contributed by atoms with van der Waals surface area (Å²) in [6.07, 6.45) is 1.62. The van der Waals surface area contributed by atoms with E-state index in [1.54, 1.807) is 22.9 Å². The molecule has 0 unspecified atom stereocenters. The molecule has 36 heavy (non-hydrogen) atoms. The first kappa shape index (κ1) is 25.7. The second kappa shape index (κ2) is 9.92. The molecule has 0 spiro atoms. The van der Waals surface area contributed by atoms with E-state index in [2.05, 4.69) is 32.6 Å². The molecule has 1 N–H and O–H groups in total. The normalized spacial score (nSPS) is 11.7. The van der Waals surface area contributed by atoms with Crippen LogP contribution < -0.4 is 16.6 Å². The molecule has 4 rings (SSSR count). The zero-order valence-corrected chi connectivity index (χ0v) is 22.7. The monoisotopic (exact) mass is 602 g/mol. The summed E-state index contributed by atoms with van der Waals surface area (Å²) in [4.78, 5) is 51.5. The summed E-state index contributed by atoms with van der Waals surface area (Å²) in [7, 11) is 1.26. The first-order valence-corrected chi connectivity index (χ1v) is 12.5. The van der Waals surface area contributed by atoms with Crippen LogP contribution in [0.4, 0.5) is 4.79 Å². The molecule has 1 amide bonds. The summed E-state index contributed by atoms with van der Waals surface area (Å²) in [6, 6.07) is 12.5. The SMILES string of the molecule is COC(=O)CCn1c(=O)c2cc(I)ccc2n(Cc2cn(C(=O)NC(C)(C)C)c3ccccc23)c1=O. The van der Waals surface area contributed by atoms with Crippen LogP contribution in [-0.2, 0) is 22.6 Å². The molecule has 0 aliphatic carbocycles. The second-order valence-corrected chi connectivity index (χ2v) is 10.8. The second-order valence-electron chi connectivity index (χ2n) is 9.53. The van der Waals surface area contributed by atoms with Crippen molar-refractivity contribution in [3.8, 4) is 0 Å². The van der Waals surface area contributed by atoms with Gasteiger partial charge in [-0.25, -0.2) is 9.59 Å². The van der Waals surface area contributed by atoms with Crippen LogP contribution in [0.25, 0.3) is 21.8 Å². The van der Waals surface area contributed by atoms with Crippen molar-refractivity contribution in [1.82, 2.24) is 19.0 Å². The van der Waals surface area contributed by atoms with E-state index in [4.69, 9.17) is 0 Å². The zero-order chi connectivity index (χ0) is 26.2. The zero-order valence-electron chi connectivity index (χ0n) is 20.5. The number of carbonyl (C=O) groups excluding carboxylic acids is 2. The summed E-state index contributed by atoms with van der Waals surface area (Å²) in [5.74, 6) is -0.511. The third-order valence-corrected chi connectivity index (χ3v) is 6.45. The van der Waals surface area contributed by atoms with E-state index in [-0.39, 0.29) is 25.5 Å². The highest BCUT2D eigenvalue weighted by molar-refractivity contribution is 14.1. The predicted octanol–water partition coefficient (Wildman–Crippen LogP) is 3.69. The maximum atomic E-state index is 13.5. The number of halogens is 1. The van der Waals surface area contributed by atoms with Crippen LogP contribution in [0.15, 0.2) is 58.3 Å². The lowest BCUT2D eigenvalue weighted by Gasteiger charge is -2.20. The average molecular weight is 602 g/mol. The lowest BCUT2D eigenvalue weighted by atomic mass is 10.1. The Morgan fingerprint density at radius 2 is 1.72 bits per heavy atom. The number of para-hydroxylation sites is 1. The number of benzene rings is 2. The summed E-state index contributed by atoms with van der Waals surface area (Å²) in [6.45, 7) is 5.75. The van der Waals surface area contributed by atoms with Gasteiger partial charge in [0.15, 0.2) is 0 Å². The van der Waals surface area contributed by atoms with Crippen LogP contribution in [-0.4, -0.2) is 38.4 Å². The standard InChI is InChI=1S/C26H27IN4O5/c1-26(2,3)28-24(34)30-14-16(18-7-5-6-8-20(18)30)15-31-21-10-9-17(27)13-19(21)23(33)29(25(31)35)12-11-22(32)36-4/h5-10,13-14H,11-12,15H2,1-4H3,(H,28,34). The molecule has 4 aromatic rings. The minimum absolute atomic E-state index is 0.0957. The lowest BCUT2D eigenvalue weighted by Crippen LogP contribution is -2.42. The number of nitrogens with one attached hydrogen (secondary N) is 1. The number of hydrogen-bond donors (Lipinski definition) is 1. The Bertz CT molecular complexity index is 1610. The number of ether oxygens (including phenoxy) is 1. The summed E-state index contributed by atoms with van der Waals surface area (Å²) in [5, 5.41) is 4.16. The van der Waals surface area contributed by atoms with Gasteiger partial charge in [-0.05, 0) is 73.2 Å². The number of methoxy groups -OCH3 is 1. The van der Waals surface area contributed by atoms with Gasteiger partial charge in [-0.2, -0.15) is 0 Å². The molecule has 0 saturated heterocycles. The van der Waals surface area contributed by atoms with Gasteiger partial charge in [0, 0.05) is 27.2 Å². The molecule has 2 heterocycles. The Kier molecular flexibility index (Phi) is 7.07. The predicted molar refractivity (Wildman–Crippen MR) is 147 cm³/mol. The first-order valence-electron chi connectivity index (χ1n) is 11.4. The summed E-state index contributed by atoms with van der Waals surface area (Å²) in [5.41, 5.74) is 0.516. The largest absolute Gasteiger partial charge is 0.469 e. The van der Waals surface area contributed by atoms with Crippen LogP contribution in [0, 0.1) is 3.57 Å². The molecule has 9 nitrogen and oxygen atoms in total. The highest BCUT2D eigenvalue weighted by Gasteiger charge is 2.20. The van der Waals surface area contributed by atoms with Gasteiger partial charge >= 0.3 is 17.7 Å². The smallest absolute Gasteiger partial charge is 0.331 e. The number of hydrogen-bond acceptors (Lipinski definition) is 5. The summed E-state index contributed by atoms with van der Waals surface area (Å²) < 4.78 is 9.65. The number of carbonyl (C=O) groups is 2. The molecule has 10 heteroatoms. The topological polar surface area (TPSA) is 104 Å². The van der Waals surface area contributed by atoms with Gasteiger partial charge in [0.25, 0.3) is 5.56 Å². The quantitative estimate of drug-likeness (QED) is 0.277. The van der Waals surface area contributed by atoms with Gasteiger partial charge in [0.1, 0.15) is 0 Å². The number of nitrogens with zero attached hydrogens (tertiary/aromatic N) is 3. The van der Waals surface area contributed by atoms with Crippen molar-refractivity contribution in [1.29, 1.82) is 0 Å². The third-order valence-electron chi connectivity index (χ3n) is 5.78. The maximum absolute atomic E-state index is 13.5. The van der Waals surface area contributed by atoms with Crippen molar-refractivity contribution in [3.05, 3.63) is 78.6 Å². The fourth-order valence-electron chi connectivity index (χ4n) is 4.15. The van der Waals surface area contributed by atoms with Crippen molar-refractivity contribution >= 4 is 56.4 Å². The van der Waals surface area contributed by atoms with Gasteiger partial charge in [-0.3, -0.25) is 23.3 Å². The number of rotatable bonds is 5. The van der Waals surface area contributed by atoms with Crippen molar-refractivity contribution in [2.45, 2.75) is 45.8 Å². The van der Waals surface area contributed by atoms with E-state index in [1.165, 1.54) is 11.7 Å². The van der Waals surface area contributed by atoms with E-state index < -0.39 is 22.8 Å². The molecule has 2 aromatic carbocycles. The minimum Gasteiger partial charge on any atom is -0.469 e. The minimum atomic E-state index is -0.534. The first-order chi connectivity index (χ1) is 17.0. The maximum Gasteiger partial charge on any atom is 0.331 e. The Labute approximate surface area is 220 Å². The van der Waals surface area contributed by atoms with Crippen molar-refractivity contribution in [3.63, 3.8) is 0 Å².